The molecule has 0 unspecified atom stereocenters. The number of hydrogen-bond acceptors (Lipinski definition) is 4. The molecule has 0 bridgehead atoms. The number of halogens is 2. The number of rotatable bonds is 6. The van der Waals surface area contributed by atoms with E-state index >= 15 is 0 Å². The van der Waals surface area contributed by atoms with Gasteiger partial charge in [-0.2, -0.15) is 4.98 Å². The lowest BCUT2D eigenvalue weighted by atomic mass is 10.2. The third-order valence-corrected chi connectivity index (χ3v) is 5.35. The van der Waals surface area contributed by atoms with E-state index in [-0.39, 0.29) is 12.5 Å². The van der Waals surface area contributed by atoms with Gasteiger partial charge >= 0.3 is 0 Å². The topological polar surface area (TPSA) is 73.0 Å². The molecule has 0 aliphatic heterocycles. The van der Waals surface area contributed by atoms with Gasteiger partial charge < -0.3 is 14.4 Å². The molecule has 0 saturated heterocycles. The fraction of sp³-hybridized carbons (Fsp3) is 0.0952. The van der Waals surface area contributed by atoms with Crippen LogP contribution >= 0.6 is 27.5 Å². The van der Waals surface area contributed by atoms with Crippen LogP contribution in [0.1, 0.15) is 5.56 Å². The summed E-state index contributed by atoms with van der Waals surface area (Å²) in [4.78, 5) is 16.9. The van der Waals surface area contributed by atoms with Gasteiger partial charge in [-0.1, -0.05) is 50.9 Å². The van der Waals surface area contributed by atoms with Crippen LogP contribution in [0.5, 0.6) is 0 Å². The predicted octanol–water partition coefficient (Wildman–Crippen LogP) is 4.94. The maximum absolute atomic E-state index is 12.4. The minimum Gasteiger partial charge on any atom is -0.350 e. The van der Waals surface area contributed by atoms with Gasteiger partial charge in [0.15, 0.2) is 0 Å². The first-order chi connectivity index (χ1) is 14.1. The monoisotopic (exact) mass is 470 g/mol. The van der Waals surface area contributed by atoms with Crippen LogP contribution < -0.4 is 5.32 Å². The Balaban J connectivity index is 1.45. The molecule has 4 aromatic rings. The van der Waals surface area contributed by atoms with Crippen LogP contribution in [0, 0.1) is 0 Å². The van der Waals surface area contributed by atoms with Crippen molar-refractivity contribution in [2.75, 3.05) is 0 Å². The highest BCUT2D eigenvalue weighted by atomic mass is 79.9. The van der Waals surface area contributed by atoms with Gasteiger partial charge in [-0.05, 0) is 48.0 Å². The van der Waals surface area contributed by atoms with Gasteiger partial charge in [0.25, 0.3) is 5.89 Å². The molecule has 29 heavy (non-hydrogen) atoms. The van der Waals surface area contributed by atoms with E-state index in [0.29, 0.717) is 29.0 Å². The Bertz CT molecular complexity index is 1140. The molecule has 1 N–H and O–H groups in total. The standard InChI is InChI=1S/C21H16BrClN4O2/c22-17-5-2-1-4-15(17)12-24-19(28)13-27-11-3-6-18(27)21-25-20(26-29-21)14-7-9-16(23)10-8-14/h1-11H,12-13H2,(H,24,28). The van der Waals surface area contributed by atoms with E-state index in [9.17, 15) is 4.79 Å². The SMILES string of the molecule is O=C(Cn1cccc1-c1nc(-c2ccc(Cl)cc2)no1)NCc1ccccc1Br. The Labute approximate surface area is 180 Å². The zero-order valence-electron chi connectivity index (χ0n) is 15.2. The molecule has 0 aliphatic rings. The minimum atomic E-state index is -0.115. The summed E-state index contributed by atoms with van der Waals surface area (Å²) < 4.78 is 8.14. The van der Waals surface area contributed by atoms with Gasteiger partial charge in [-0.25, -0.2) is 0 Å². The molecule has 4 rings (SSSR count). The summed E-state index contributed by atoms with van der Waals surface area (Å²) in [5, 5.41) is 7.59. The highest BCUT2D eigenvalue weighted by Gasteiger charge is 2.15. The van der Waals surface area contributed by atoms with Gasteiger partial charge in [-0.15, -0.1) is 0 Å². The second-order valence-electron chi connectivity index (χ2n) is 6.32. The lowest BCUT2D eigenvalue weighted by Crippen LogP contribution is -2.27. The second-order valence-corrected chi connectivity index (χ2v) is 7.61. The number of hydrogen-bond donors (Lipinski definition) is 1. The second kappa shape index (κ2) is 8.63. The van der Waals surface area contributed by atoms with Crippen molar-refractivity contribution in [3.05, 3.63) is 81.9 Å². The Kier molecular flexibility index (Phi) is 5.78. The molecule has 0 radical (unpaired) electrons. The van der Waals surface area contributed by atoms with Crippen LogP contribution in [-0.4, -0.2) is 20.6 Å². The van der Waals surface area contributed by atoms with Crippen molar-refractivity contribution in [1.82, 2.24) is 20.0 Å². The summed E-state index contributed by atoms with van der Waals surface area (Å²) in [5.74, 6) is 0.692. The van der Waals surface area contributed by atoms with Gasteiger partial charge in [0.05, 0.1) is 0 Å². The number of carbonyl (C=O) groups is 1. The van der Waals surface area contributed by atoms with Gasteiger partial charge in [0.2, 0.25) is 11.7 Å². The number of nitrogens with zero attached hydrogens (tertiary/aromatic N) is 3. The molecule has 0 fully saturated rings. The average Bonchev–Trinajstić information content (AvgIpc) is 3.37. The molecule has 146 valence electrons. The average molecular weight is 472 g/mol. The van der Waals surface area contributed by atoms with Crippen molar-refractivity contribution in [3.8, 4) is 23.0 Å². The van der Waals surface area contributed by atoms with Crippen LogP contribution in [0.4, 0.5) is 0 Å². The fourth-order valence-corrected chi connectivity index (χ4v) is 3.39. The molecule has 1 amide bonds. The summed E-state index contributed by atoms with van der Waals surface area (Å²) in [5.41, 5.74) is 2.49. The lowest BCUT2D eigenvalue weighted by molar-refractivity contribution is -0.121. The Morgan fingerprint density at radius 2 is 1.90 bits per heavy atom. The maximum atomic E-state index is 12.4. The van der Waals surface area contributed by atoms with E-state index in [1.54, 1.807) is 22.9 Å². The molecule has 6 nitrogen and oxygen atoms in total. The molecule has 0 spiro atoms. The molecule has 2 aromatic carbocycles. The molecule has 0 atom stereocenters. The molecular weight excluding hydrogens is 456 g/mol. The number of nitrogens with one attached hydrogen (secondary N) is 1. The summed E-state index contributed by atoms with van der Waals surface area (Å²) >= 11 is 9.40. The molecular formula is C21H16BrClN4O2. The maximum Gasteiger partial charge on any atom is 0.274 e. The molecule has 8 heteroatoms. The molecule has 0 aliphatic carbocycles. The van der Waals surface area contributed by atoms with E-state index in [0.717, 1.165) is 15.6 Å². The molecule has 2 aromatic heterocycles. The normalized spacial score (nSPS) is 10.8. The lowest BCUT2D eigenvalue weighted by Gasteiger charge is -2.09. The third-order valence-electron chi connectivity index (χ3n) is 4.32. The zero-order chi connectivity index (χ0) is 20.2. The number of aromatic nitrogens is 3. The van der Waals surface area contributed by atoms with Crippen molar-refractivity contribution in [2.24, 2.45) is 0 Å². The summed E-state index contributed by atoms with van der Waals surface area (Å²) in [6, 6.07) is 18.6. The van der Waals surface area contributed by atoms with E-state index in [1.165, 1.54) is 0 Å². The largest absolute Gasteiger partial charge is 0.350 e. The van der Waals surface area contributed by atoms with Crippen molar-refractivity contribution in [2.45, 2.75) is 13.1 Å². The van der Waals surface area contributed by atoms with Crippen LogP contribution in [0.3, 0.4) is 0 Å². The minimum absolute atomic E-state index is 0.115. The third kappa shape index (κ3) is 4.58. The van der Waals surface area contributed by atoms with Crippen LogP contribution in [0.15, 0.2) is 75.9 Å². The first-order valence-corrected chi connectivity index (χ1v) is 10.0. The summed E-state index contributed by atoms with van der Waals surface area (Å²) in [6.07, 6.45) is 1.81. The first-order valence-electron chi connectivity index (χ1n) is 8.85. The Morgan fingerprint density at radius 1 is 1.10 bits per heavy atom. The van der Waals surface area contributed by atoms with Crippen LogP contribution in [-0.2, 0) is 17.9 Å². The smallest absolute Gasteiger partial charge is 0.274 e. The summed E-state index contributed by atoms with van der Waals surface area (Å²) in [6.45, 7) is 0.587. The van der Waals surface area contributed by atoms with Gasteiger partial charge in [0.1, 0.15) is 12.2 Å². The van der Waals surface area contributed by atoms with E-state index in [2.05, 4.69) is 31.4 Å². The van der Waals surface area contributed by atoms with Gasteiger partial charge in [-0.3, -0.25) is 4.79 Å². The highest BCUT2D eigenvalue weighted by Crippen LogP contribution is 2.24. The van der Waals surface area contributed by atoms with Crippen LogP contribution in [0.2, 0.25) is 5.02 Å². The quantitative estimate of drug-likeness (QED) is 0.432. The van der Waals surface area contributed by atoms with E-state index in [4.69, 9.17) is 16.1 Å². The predicted molar refractivity (Wildman–Crippen MR) is 114 cm³/mol. The zero-order valence-corrected chi connectivity index (χ0v) is 17.5. The first kappa shape index (κ1) is 19.4. The van der Waals surface area contributed by atoms with Crippen LogP contribution in [0.25, 0.3) is 23.0 Å². The number of benzene rings is 2. The van der Waals surface area contributed by atoms with Crippen molar-refractivity contribution in [1.29, 1.82) is 0 Å². The number of carbonyl (C=O) groups excluding carboxylic acids is 1. The molecule has 0 saturated carbocycles. The Morgan fingerprint density at radius 3 is 2.69 bits per heavy atom. The van der Waals surface area contributed by atoms with Crippen molar-refractivity contribution >= 4 is 33.4 Å². The van der Waals surface area contributed by atoms with Crippen molar-refractivity contribution < 1.29 is 9.32 Å². The summed E-state index contributed by atoms with van der Waals surface area (Å²) in [7, 11) is 0. The van der Waals surface area contributed by atoms with E-state index < -0.39 is 0 Å². The number of amides is 1. The fourth-order valence-electron chi connectivity index (χ4n) is 2.84. The van der Waals surface area contributed by atoms with E-state index in [1.807, 2.05) is 48.5 Å². The molecule has 2 heterocycles. The van der Waals surface area contributed by atoms with Gasteiger partial charge in [0, 0.05) is 27.8 Å². The van der Waals surface area contributed by atoms with Crippen molar-refractivity contribution in [3.63, 3.8) is 0 Å². The Hall–Kier alpha value is -2.90. The highest BCUT2D eigenvalue weighted by molar-refractivity contribution is 9.10.